The summed E-state index contributed by atoms with van der Waals surface area (Å²) in [5, 5.41) is 21.7. The highest BCUT2D eigenvalue weighted by molar-refractivity contribution is 5.16. The van der Waals surface area contributed by atoms with E-state index in [2.05, 4.69) is 5.32 Å². The Morgan fingerprint density at radius 3 is 2.70 bits per heavy atom. The molecule has 0 amide bonds. The van der Waals surface area contributed by atoms with Gasteiger partial charge in [-0.1, -0.05) is 18.2 Å². The third kappa shape index (κ3) is 6.40. The highest BCUT2D eigenvalue weighted by Crippen LogP contribution is 2.07. The molecule has 0 aliphatic carbocycles. The maximum atomic E-state index is 13.3. The highest BCUT2D eigenvalue weighted by Gasteiger charge is 2.10. The molecule has 6 heteroatoms. The lowest BCUT2D eigenvalue weighted by Gasteiger charge is -2.18. The Morgan fingerprint density at radius 2 is 2.05 bits per heavy atom. The van der Waals surface area contributed by atoms with Gasteiger partial charge in [0.25, 0.3) is 0 Å². The van der Waals surface area contributed by atoms with Crippen LogP contribution in [0.1, 0.15) is 5.56 Å². The van der Waals surface area contributed by atoms with E-state index in [4.69, 9.17) is 14.6 Å². The monoisotopic (exact) mass is 287 g/mol. The van der Waals surface area contributed by atoms with E-state index in [1.54, 1.807) is 18.2 Å². The Hall–Kier alpha value is -1.05. The van der Waals surface area contributed by atoms with Gasteiger partial charge in [-0.2, -0.15) is 0 Å². The lowest BCUT2D eigenvalue weighted by atomic mass is 10.2. The molecule has 2 atom stereocenters. The molecule has 114 valence electrons. The summed E-state index contributed by atoms with van der Waals surface area (Å²) in [5.74, 6) is -0.319. The van der Waals surface area contributed by atoms with Crippen LogP contribution >= 0.6 is 0 Å². The van der Waals surface area contributed by atoms with Crippen molar-refractivity contribution in [3.8, 4) is 0 Å². The van der Waals surface area contributed by atoms with Crippen LogP contribution in [0, 0.1) is 5.82 Å². The molecular formula is C14H22FNO4. The van der Waals surface area contributed by atoms with Gasteiger partial charge in [-0.05, 0) is 6.07 Å². The standard InChI is InChI=1S/C14H22FNO4/c1-19-9-12(7-17)16-6-13(18)10-20-8-11-4-2-3-5-14(11)15/h2-5,12-13,16-18H,6-10H2,1H3. The number of hydrogen-bond acceptors (Lipinski definition) is 5. The van der Waals surface area contributed by atoms with Gasteiger partial charge in [0.05, 0.1) is 38.6 Å². The normalized spacial score (nSPS) is 14.2. The van der Waals surface area contributed by atoms with Crippen molar-refractivity contribution in [3.05, 3.63) is 35.6 Å². The van der Waals surface area contributed by atoms with Gasteiger partial charge in [0.15, 0.2) is 0 Å². The van der Waals surface area contributed by atoms with Crippen LogP contribution in [-0.4, -0.2) is 55.8 Å². The first-order chi connectivity index (χ1) is 9.67. The van der Waals surface area contributed by atoms with Gasteiger partial charge in [-0.25, -0.2) is 4.39 Å². The summed E-state index contributed by atoms with van der Waals surface area (Å²) in [6.07, 6.45) is -0.729. The van der Waals surface area contributed by atoms with Gasteiger partial charge in [0.2, 0.25) is 0 Å². The van der Waals surface area contributed by atoms with E-state index in [1.807, 2.05) is 0 Å². The predicted molar refractivity (Wildman–Crippen MR) is 72.8 cm³/mol. The third-order valence-electron chi connectivity index (χ3n) is 2.76. The van der Waals surface area contributed by atoms with Crippen molar-refractivity contribution >= 4 is 0 Å². The molecule has 5 nitrogen and oxygen atoms in total. The molecule has 0 aliphatic rings. The van der Waals surface area contributed by atoms with Gasteiger partial charge >= 0.3 is 0 Å². The Bertz CT molecular complexity index is 378. The van der Waals surface area contributed by atoms with E-state index < -0.39 is 6.10 Å². The fourth-order valence-electron chi connectivity index (χ4n) is 1.66. The number of aliphatic hydroxyl groups excluding tert-OH is 2. The second-order valence-corrected chi connectivity index (χ2v) is 4.50. The second kappa shape index (κ2) is 9.79. The average Bonchev–Trinajstić information content (AvgIpc) is 2.45. The van der Waals surface area contributed by atoms with Crippen LogP contribution < -0.4 is 5.32 Å². The Balaban J connectivity index is 2.20. The Morgan fingerprint density at radius 1 is 1.30 bits per heavy atom. The van der Waals surface area contributed by atoms with Crippen molar-refractivity contribution in [2.24, 2.45) is 0 Å². The Kier molecular flexibility index (Phi) is 8.32. The first-order valence-electron chi connectivity index (χ1n) is 6.49. The highest BCUT2D eigenvalue weighted by atomic mass is 19.1. The number of halogens is 1. The summed E-state index contributed by atoms with van der Waals surface area (Å²) in [7, 11) is 1.54. The maximum Gasteiger partial charge on any atom is 0.128 e. The van der Waals surface area contributed by atoms with E-state index in [-0.39, 0.29) is 38.2 Å². The van der Waals surface area contributed by atoms with Gasteiger partial charge < -0.3 is 25.0 Å². The molecular weight excluding hydrogens is 265 g/mol. The molecule has 0 spiro atoms. The first kappa shape index (κ1) is 17.0. The molecule has 1 rings (SSSR count). The summed E-state index contributed by atoms with van der Waals surface area (Å²) in [4.78, 5) is 0. The zero-order chi connectivity index (χ0) is 14.8. The number of aliphatic hydroxyl groups is 2. The molecule has 0 fully saturated rings. The van der Waals surface area contributed by atoms with Crippen molar-refractivity contribution in [2.75, 3.05) is 33.5 Å². The smallest absolute Gasteiger partial charge is 0.128 e. The average molecular weight is 287 g/mol. The molecule has 2 unspecified atom stereocenters. The van der Waals surface area contributed by atoms with Crippen molar-refractivity contribution in [2.45, 2.75) is 18.8 Å². The molecule has 0 heterocycles. The van der Waals surface area contributed by atoms with Gasteiger partial charge in [0, 0.05) is 19.2 Å². The molecule has 0 saturated carbocycles. The minimum atomic E-state index is -0.729. The first-order valence-corrected chi connectivity index (χ1v) is 6.49. The van der Waals surface area contributed by atoms with Crippen LogP contribution in [0.3, 0.4) is 0 Å². The fraction of sp³-hybridized carbons (Fsp3) is 0.571. The summed E-state index contributed by atoms with van der Waals surface area (Å²) in [5.41, 5.74) is 0.459. The molecule has 0 radical (unpaired) electrons. The lowest BCUT2D eigenvalue weighted by Crippen LogP contribution is -2.42. The largest absolute Gasteiger partial charge is 0.395 e. The van der Waals surface area contributed by atoms with Crippen LogP contribution in [0.15, 0.2) is 24.3 Å². The minimum Gasteiger partial charge on any atom is -0.395 e. The quantitative estimate of drug-likeness (QED) is 0.577. The molecule has 3 N–H and O–H groups in total. The molecule has 0 saturated heterocycles. The van der Waals surface area contributed by atoms with Crippen LogP contribution in [0.4, 0.5) is 4.39 Å². The molecule has 20 heavy (non-hydrogen) atoms. The predicted octanol–water partition coefficient (Wildman–Crippen LogP) is 0.300. The number of rotatable bonds is 10. The van der Waals surface area contributed by atoms with Gasteiger partial charge in [-0.15, -0.1) is 0 Å². The second-order valence-electron chi connectivity index (χ2n) is 4.50. The van der Waals surface area contributed by atoms with Crippen molar-refractivity contribution in [1.29, 1.82) is 0 Å². The fourth-order valence-corrected chi connectivity index (χ4v) is 1.66. The molecule has 1 aromatic carbocycles. The van der Waals surface area contributed by atoms with E-state index >= 15 is 0 Å². The number of nitrogens with one attached hydrogen (secondary N) is 1. The zero-order valence-corrected chi connectivity index (χ0v) is 11.6. The molecule has 0 bridgehead atoms. The topological polar surface area (TPSA) is 71.0 Å². The minimum absolute atomic E-state index is 0.0728. The third-order valence-corrected chi connectivity index (χ3v) is 2.76. The summed E-state index contributed by atoms with van der Waals surface area (Å²) in [6, 6.07) is 6.13. The van der Waals surface area contributed by atoms with Crippen molar-refractivity contribution in [1.82, 2.24) is 5.32 Å². The summed E-state index contributed by atoms with van der Waals surface area (Å²) < 4.78 is 23.5. The molecule has 1 aromatic rings. The van der Waals surface area contributed by atoms with Crippen LogP contribution in [-0.2, 0) is 16.1 Å². The summed E-state index contributed by atoms with van der Waals surface area (Å²) >= 11 is 0. The van der Waals surface area contributed by atoms with E-state index in [0.717, 1.165) is 0 Å². The molecule has 0 aliphatic heterocycles. The van der Waals surface area contributed by atoms with Crippen molar-refractivity contribution in [3.63, 3.8) is 0 Å². The van der Waals surface area contributed by atoms with E-state index in [9.17, 15) is 9.50 Å². The van der Waals surface area contributed by atoms with Gasteiger partial charge in [-0.3, -0.25) is 0 Å². The Labute approximate surface area is 118 Å². The zero-order valence-electron chi connectivity index (χ0n) is 11.6. The lowest BCUT2D eigenvalue weighted by molar-refractivity contribution is 0.0232. The maximum absolute atomic E-state index is 13.3. The van der Waals surface area contributed by atoms with Crippen LogP contribution in [0.2, 0.25) is 0 Å². The van der Waals surface area contributed by atoms with E-state index in [1.165, 1.54) is 13.2 Å². The number of hydrogen-bond donors (Lipinski definition) is 3. The van der Waals surface area contributed by atoms with Crippen LogP contribution in [0.25, 0.3) is 0 Å². The number of methoxy groups -OCH3 is 1. The van der Waals surface area contributed by atoms with Crippen molar-refractivity contribution < 1.29 is 24.1 Å². The summed E-state index contributed by atoms with van der Waals surface area (Å²) in [6.45, 7) is 0.763. The number of ether oxygens (including phenoxy) is 2. The van der Waals surface area contributed by atoms with E-state index in [0.29, 0.717) is 12.2 Å². The van der Waals surface area contributed by atoms with Crippen LogP contribution in [0.5, 0.6) is 0 Å². The molecule has 0 aromatic heterocycles. The SMILES string of the molecule is COCC(CO)NCC(O)COCc1ccccc1F. The number of benzene rings is 1. The van der Waals surface area contributed by atoms with Gasteiger partial charge in [0.1, 0.15) is 5.82 Å².